The van der Waals surface area contributed by atoms with Crippen molar-refractivity contribution in [3.05, 3.63) is 78.0 Å². The molecule has 1 aromatic heterocycles. The molecule has 1 heterocycles. The third-order valence-electron chi connectivity index (χ3n) is 3.78. The first-order chi connectivity index (χ1) is 13.4. The van der Waals surface area contributed by atoms with E-state index in [0.717, 1.165) is 5.56 Å². The van der Waals surface area contributed by atoms with Crippen molar-refractivity contribution < 1.29 is 22.6 Å². The molecule has 142 valence electrons. The van der Waals surface area contributed by atoms with Crippen LogP contribution in [0.2, 0.25) is 0 Å². The van der Waals surface area contributed by atoms with Crippen LogP contribution in [0.25, 0.3) is 11.1 Å². The number of halogens is 3. The maximum Gasteiger partial charge on any atom is 0.422 e. The molecule has 0 unspecified atom stereocenters. The summed E-state index contributed by atoms with van der Waals surface area (Å²) in [5, 5.41) is 8.98. The highest BCUT2D eigenvalue weighted by atomic mass is 19.4. The molecule has 28 heavy (non-hydrogen) atoms. The van der Waals surface area contributed by atoms with E-state index in [9.17, 15) is 13.2 Å². The molecular formula is C21H15F3N2O2. The van der Waals surface area contributed by atoms with Crippen LogP contribution in [0.3, 0.4) is 0 Å². The second-order valence-corrected chi connectivity index (χ2v) is 5.89. The zero-order chi connectivity index (χ0) is 20.0. The first kappa shape index (κ1) is 19.2. The number of aromatic nitrogens is 1. The SMILES string of the molecule is N#Cc1ccc(-c2ccc(OCc3ccccc3)nc2)c(OCC(F)(F)F)c1. The third kappa shape index (κ3) is 5.24. The number of nitrogens with zero attached hydrogens (tertiary/aromatic N) is 2. The minimum atomic E-state index is -4.48. The normalized spacial score (nSPS) is 10.9. The Bertz CT molecular complexity index is 966. The highest BCUT2D eigenvalue weighted by Gasteiger charge is 2.29. The van der Waals surface area contributed by atoms with Crippen LogP contribution in [0.1, 0.15) is 11.1 Å². The van der Waals surface area contributed by atoms with Crippen molar-refractivity contribution in [1.82, 2.24) is 4.98 Å². The molecule has 0 spiro atoms. The largest absolute Gasteiger partial charge is 0.483 e. The van der Waals surface area contributed by atoms with Gasteiger partial charge in [0.15, 0.2) is 6.61 Å². The molecule has 0 atom stereocenters. The Morgan fingerprint density at radius 2 is 1.75 bits per heavy atom. The van der Waals surface area contributed by atoms with Gasteiger partial charge < -0.3 is 9.47 Å². The molecule has 3 aromatic rings. The lowest BCUT2D eigenvalue weighted by Crippen LogP contribution is -2.19. The Morgan fingerprint density at radius 3 is 2.39 bits per heavy atom. The van der Waals surface area contributed by atoms with Crippen LogP contribution in [0.5, 0.6) is 11.6 Å². The molecule has 3 rings (SSSR count). The number of nitriles is 1. The fraction of sp³-hybridized carbons (Fsp3) is 0.143. The summed E-state index contributed by atoms with van der Waals surface area (Å²) in [5.41, 5.74) is 2.15. The maximum absolute atomic E-state index is 12.5. The van der Waals surface area contributed by atoms with Crippen molar-refractivity contribution in [2.75, 3.05) is 6.61 Å². The van der Waals surface area contributed by atoms with Gasteiger partial charge in [0.1, 0.15) is 12.4 Å². The Labute approximate surface area is 159 Å². The van der Waals surface area contributed by atoms with Crippen molar-refractivity contribution in [3.63, 3.8) is 0 Å². The second kappa shape index (κ2) is 8.44. The molecule has 0 amide bonds. The standard InChI is InChI=1S/C21H15F3N2O2/c22-21(23,24)14-28-19-10-16(11-25)6-8-18(19)17-7-9-20(26-12-17)27-13-15-4-2-1-3-5-15/h1-10,12H,13-14H2. The van der Waals surface area contributed by atoms with Crippen LogP contribution >= 0.6 is 0 Å². The topological polar surface area (TPSA) is 55.1 Å². The molecule has 0 aliphatic rings. The quantitative estimate of drug-likeness (QED) is 0.590. The van der Waals surface area contributed by atoms with E-state index in [1.54, 1.807) is 12.1 Å². The van der Waals surface area contributed by atoms with Crippen molar-refractivity contribution in [2.24, 2.45) is 0 Å². The van der Waals surface area contributed by atoms with Gasteiger partial charge in [-0.3, -0.25) is 0 Å². The monoisotopic (exact) mass is 384 g/mol. The van der Waals surface area contributed by atoms with E-state index in [4.69, 9.17) is 14.7 Å². The Morgan fingerprint density at radius 1 is 0.964 bits per heavy atom. The number of rotatable bonds is 6. The summed E-state index contributed by atoms with van der Waals surface area (Å²) in [7, 11) is 0. The number of hydrogen-bond donors (Lipinski definition) is 0. The van der Waals surface area contributed by atoms with Crippen LogP contribution in [0.15, 0.2) is 66.9 Å². The Hall–Kier alpha value is -3.53. The fourth-order valence-electron chi connectivity index (χ4n) is 2.47. The average molecular weight is 384 g/mol. The summed E-state index contributed by atoms with van der Waals surface area (Å²) in [5.74, 6) is 0.357. The van der Waals surface area contributed by atoms with Gasteiger partial charge in [0.25, 0.3) is 0 Å². The summed E-state index contributed by atoms with van der Waals surface area (Å²) in [6.07, 6.45) is -2.99. The van der Waals surface area contributed by atoms with Gasteiger partial charge >= 0.3 is 6.18 Å². The molecule has 2 aromatic carbocycles. The highest BCUT2D eigenvalue weighted by Crippen LogP contribution is 2.32. The van der Waals surface area contributed by atoms with Crippen molar-refractivity contribution in [2.45, 2.75) is 12.8 Å². The molecule has 0 radical (unpaired) electrons. The predicted octanol–water partition coefficient (Wildman–Crippen LogP) is 5.14. The number of hydrogen-bond acceptors (Lipinski definition) is 4. The van der Waals surface area contributed by atoms with Crippen molar-refractivity contribution in [3.8, 4) is 28.8 Å². The van der Waals surface area contributed by atoms with E-state index < -0.39 is 12.8 Å². The van der Waals surface area contributed by atoms with Crippen LogP contribution in [-0.4, -0.2) is 17.8 Å². The highest BCUT2D eigenvalue weighted by molar-refractivity contribution is 5.71. The zero-order valence-electron chi connectivity index (χ0n) is 14.6. The lowest BCUT2D eigenvalue weighted by atomic mass is 10.0. The van der Waals surface area contributed by atoms with E-state index in [1.807, 2.05) is 36.4 Å². The summed E-state index contributed by atoms with van der Waals surface area (Å²) >= 11 is 0. The number of alkyl halides is 3. The first-order valence-corrected chi connectivity index (χ1v) is 8.31. The summed E-state index contributed by atoms with van der Waals surface area (Å²) < 4.78 is 48.1. The van der Waals surface area contributed by atoms with Crippen LogP contribution in [0.4, 0.5) is 13.2 Å². The smallest absolute Gasteiger partial charge is 0.422 e. The third-order valence-corrected chi connectivity index (χ3v) is 3.78. The minimum Gasteiger partial charge on any atom is -0.483 e. The summed E-state index contributed by atoms with van der Waals surface area (Å²) in [4.78, 5) is 4.20. The van der Waals surface area contributed by atoms with Gasteiger partial charge in [-0.25, -0.2) is 4.98 Å². The van der Waals surface area contributed by atoms with E-state index >= 15 is 0 Å². The molecular weight excluding hydrogens is 369 g/mol. The van der Waals surface area contributed by atoms with Gasteiger partial charge in [-0.05, 0) is 29.8 Å². The molecule has 4 nitrogen and oxygen atoms in total. The van der Waals surface area contributed by atoms with Gasteiger partial charge in [0.2, 0.25) is 5.88 Å². The molecule has 0 fully saturated rings. The van der Waals surface area contributed by atoms with Crippen LogP contribution in [0, 0.1) is 11.3 Å². The average Bonchev–Trinajstić information content (AvgIpc) is 2.71. The van der Waals surface area contributed by atoms with Gasteiger partial charge in [-0.1, -0.05) is 30.3 Å². The van der Waals surface area contributed by atoms with E-state index in [2.05, 4.69) is 4.98 Å². The van der Waals surface area contributed by atoms with E-state index in [1.165, 1.54) is 24.4 Å². The molecule has 0 bridgehead atoms. The molecule has 0 N–H and O–H groups in total. The van der Waals surface area contributed by atoms with Gasteiger partial charge in [-0.15, -0.1) is 0 Å². The number of ether oxygens (including phenoxy) is 2. The lowest BCUT2D eigenvalue weighted by Gasteiger charge is -2.14. The molecule has 0 saturated heterocycles. The van der Waals surface area contributed by atoms with Crippen molar-refractivity contribution >= 4 is 0 Å². The molecule has 0 aliphatic carbocycles. The minimum absolute atomic E-state index is 0.0314. The molecule has 0 aliphatic heterocycles. The zero-order valence-corrected chi connectivity index (χ0v) is 14.6. The van der Waals surface area contributed by atoms with Crippen molar-refractivity contribution in [1.29, 1.82) is 5.26 Å². The number of benzene rings is 2. The van der Waals surface area contributed by atoms with Crippen LogP contribution < -0.4 is 9.47 Å². The summed E-state index contributed by atoms with van der Waals surface area (Å²) in [6, 6.07) is 19.1. The van der Waals surface area contributed by atoms with E-state index in [-0.39, 0.29) is 11.3 Å². The summed E-state index contributed by atoms with van der Waals surface area (Å²) in [6.45, 7) is -1.09. The fourth-order valence-corrected chi connectivity index (χ4v) is 2.47. The first-order valence-electron chi connectivity index (χ1n) is 8.31. The number of pyridine rings is 1. The molecule has 0 saturated carbocycles. The van der Waals surface area contributed by atoms with Crippen LogP contribution in [-0.2, 0) is 6.61 Å². The van der Waals surface area contributed by atoms with Gasteiger partial charge in [-0.2, -0.15) is 18.4 Å². The molecule has 7 heteroatoms. The van der Waals surface area contributed by atoms with Gasteiger partial charge in [0, 0.05) is 23.4 Å². The second-order valence-electron chi connectivity index (χ2n) is 5.89. The van der Waals surface area contributed by atoms with Gasteiger partial charge in [0.05, 0.1) is 11.6 Å². The maximum atomic E-state index is 12.5. The predicted molar refractivity (Wildman–Crippen MR) is 96.7 cm³/mol. The lowest BCUT2D eigenvalue weighted by molar-refractivity contribution is -0.153. The Balaban J connectivity index is 1.78. The Kier molecular flexibility index (Phi) is 5.80. The van der Waals surface area contributed by atoms with E-state index in [0.29, 0.717) is 23.6 Å².